The van der Waals surface area contributed by atoms with Crippen LogP contribution >= 0.6 is 0 Å². The predicted octanol–water partition coefficient (Wildman–Crippen LogP) is 8.97. The van der Waals surface area contributed by atoms with E-state index in [0.717, 1.165) is 162 Å². The van der Waals surface area contributed by atoms with Gasteiger partial charge < -0.3 is 30.0 Å². The summed E-state index contributed by atoms with van der Waals surface area (Å²) < 4.78 is 34.3. The van der Waals surface area contributed by atoms with Crippen molar-refractivity contribution in [3.8, 4) is 67.5 Å². The van der Waals surface area contributed by atoms with E-state index in [2.05, 4.69) is 117 Å². The molecule has 94 heavy (non-hydrogen) atoms. The average molecular weight is 1280 g/mol. The molecule has 0 aromatic carbocycles. The fourth-order valence-electron chi connectivity index (χ4n) is 12.7. The zero-order valence-corrected chi connectivity index (χ0v) is 54.5. The smallest absolute Gasteiger partial charge is 0.0999 e. The van der Waals surface area contributed by atoms with Crippen LogP contribution in [0.15, 0.2) is 130 Å². The Kier molecular flexibility index (Phi) is 19.7. The summed E-state index contributed by atoms with van der Waals surface area (Å²) in [5.74, 6) is 0. The molecule has 0 spiro atoms. The molecule has 3 N–H and O–H groups in total. The number of hydrogen-bond acceptors (Lipinski definition) is 18. The highest BCUT2D eigenvalue weighted by Crippen LogP contribution is 2.33. The Labute approximate surface area is 545 Å². The van der Waals surface area contributed by atoms with Gasteiger partial charge in [-0.1, -0.05) is 41.5 Å². The van der Waals surface area contributed by atoms with Gasteiger partial charge in [-0.2, -0.15) is 45.9 Å². The van der Waals surface area contributed by atoms with E-state index in [1.807, 2.05) is 123 Å². The van der Waals surface area contributed by atoms with Gasteiger partial charge in [0.25, 0.3) is 0 Å². The first-order valence-electron chi connectivity index (χ1n) is 33.3. The fraction of sp³-hybridized carbons (Fsp3) is 0.463. The van der Waals surface area contributed by atoms with Gasteiger partial charge in [0.05, 0.1) is 194 Å². The minimum Gasteiger partial charge on any atom is -0.388 e. The van der Waals surface area contributed by atoms with Crippen molar-refractivity contribution in [2.24, 2.45) is 0 Å². The number of aliphatic hydroxyl groups is 1. The molecule has 0 amide bonds. The molecule has 3 aliphatic heterocycles. The summed E-state index contributed by atoms with van der Waals surface area (Å²) in [7, 11) is 0. The molecule has 12 aromatic rings. The number of morpholine rings is 2. The van der Waals surface area contributed by atoms with Crippen molar-refractivity contribution >= 4 is 16.6 Å². The van der Waals surface area contributed by atoms with Gasteiger partial charge in [0, 0.05) is 123 Å². The summed E-state index contributed by atoms with van der Waals surface area (Å²) in [6.07, 6.45) is 42.3. The molecule has 0 radical (unpaired) electrons. The lowest BCUT2D eigenvalue weighted by atomic mass is 9.94. The number of fused-ring (bicyclic) bond motifs is 3. The predicted molar refractivity (Wildman–Crippen MR) is 355 cm³/mol. The second-order valence-corrected chi connectivity index (χ2v) is 24.5. The molecule has 27 heteroatoms. The zero-order chi connectivity index (χ0) is 64.5. The van der Waals surface area contributed by atoms with Crippen LogP contribution in [0.2, 0.25) is 0 Å². The molecule has 27 nitrogen and oxygen atoms in total. The van der Waals surface area contributed by atoms with Gasteiger partial charge in [-0.05, 0) is 56.7 Å². The third-order valence-corrected chi connectivity index (χ3v) is 18.2. The zero-order valence-electron chi connectivity index (χ0n) is 54.5. The summed E-state index contributed by atoms with van der Waals surface area (Å²) in [5, 5.41) is 58.2. The molecule has 15 heterocycles. The lowest BCUT2D eigenvalue weighted by Gasteiger charge is -2.31. The third-order valence-electron chi connectivity index (χ3n) is 18.2. The van der Waals surface area contributed by atoms with Crippen molar-refractivity contribution in [2.45, 2.75) is 148 Å². The van der Waals surface area contributed by atoms with Crippen molar-refractivity contribution < 1.29 is 19.3 Å². The summed E-state index contributed by atoms with van der Waals surface area (Å²) in [6, 6.07) is 7.10. The molecule has 0 aliphatic carbocycles. The van der Waals surface area contributed by atoms with E-state index < -0.39 is 5.60 Å². The largest absolute Gasteiger partial charge is 0.388 e. The van der Waals surface area contributed by atoms with Gasteiger partial charge >= 0.3 is 0 Å². The highest BCUT2D eigenvalue weighted by Gasteiger charge is 2.31. The summed E-state index contributed by atoms with van der Waals surface area (Å²) in [5.41, 5.74) is 12.8. The first-order chi connectivity index (χ1) is 46.1. The van der Waals surface area contributed by atoms with Crippen LogP contribution in [0, 0.1) is 0 Å². The van der Waals surface area contributed by atoms with E-state index in [0.29, 0.717) is 63.8 Å². The Bertz CT molecular complexity index is 4190. The molecule has 0 bridgehead atoms. The maximum Gasteiger partial charge on any atom is 0.0999 e. The molecule has 0 saturated carbocycles. The Balaban J connectivity index is 0.000000128. The van der Waals surface area contributed by atoms with E-state index in [4.69, 9.17) is 29.2 Å². The van der Waals surface area contributed by atoms with Crippen LogP contribution < -0.4 is 10.6 Å². The van der Waals surface area contributed by atoms with E-state index >= 15 is 0 Å². The standard InChI is InChI=1S/C23H29N7O2.2C22H28N8O/c1-3-19(4-2)29-14-18(12-26-29)22-21-5-8-24-30(21)15-20(27-22)17-11-25-28(13-17)16-23(31)6-9-32-10-7-23;2*1-3-18(4-2)29-13-17(10-26-29)22-21-5-6-24-30(21)15-20(27-22)16-9-25-28(12-16)14-19-11-23-7-8-31-19/h5,8,11-15,19,31H,3-4,6-7,9-10,16H2,1-2H3;2*5-6,9-10,12-13,15,18-19,23H,3-4,7-8,11,14H2,1-2H3/t;19-;/m.1./s1. The molecular weight excluding hydrogens is 1190 g/mol. The monoisotopic (exact) mass is 1280 g/mol. The number of hydrogen-bond donors (Lipinski definition) is 3. The molecule has 3 fully saturated rings. The van der Waals surface area contributed by atoms with Gasteiger partial charge in [-0.25, -0.2) is 28.5 Å². The number of aromatic nitrogens is 21. The minimum atomic E-state index is -0.782. The van der Waals surface area contributed by atoms with Crippen molar-refractivity contribution in [1.29, 1.82) is 0 Å². The van der Waals surface area contributed by atoms with Crippen LogP contribution in [0.1, 0.15) is 111 Å². The van der Waals surface area contributed by atoms with E-state index in [9.17, 15) is 5.11 Å². The Morgan fingerprint density at radius 3 is 1.14 bits per heavy atom. The maximum atomic E-state index is 10.8. The molecular formula is C67H85N23O4. The van der Waals surface area contributed by atoms with Gasteiger partial charge in [0.1, 0.15) is 0 Å². The van der Waals surface area contributed by atoms with Gasteiger partial charge in [0.15, 0.2) is 0 Å². The molecule has 15 rings (SSSR count). The molecule has 2 atom stereocenters. The molecule has 3 saturated heterocycles. The Morgan fingerprint density at radius 2 is 0.787 bits per heavy atom. The minimum absolute atomic E-state index is 0.134. The number of nitrogens with zero attached hydrogens (tertiary/aromatic N) is 21. The SMILES string of the molecule is CCC(CC)n1cc(-c2nc(-c3cnn(CC4(O)CCOCC4)c3)cn3nccc23)cn1.CCC(CC)n1cc(-c2nc(-c3cnn(CC4CNCCO4)c3)cn3nccc23)cn1.CCC(CC)n1cc(-c2nc(-c3cnn(C[C@H]4CNCCO4)c3)cn3nccc23)cn1. The van der Waals surface area contributed by atoms with E-state index in [1.54, 1.807) is 29.5 Å². The van der Waals surface area contributed by atoms with Crippen LogP contribution in [-0.2, 0) is 33.8 Å². The second kappa shape index (κ2) is 29.0. The number of nitrogens with one attached hydrogen (secondary N) is 2. The van der Waals surface area contributed by atoms with Crippen LogP contribution in [-0.4, -0.2) is 178 Å². The summed E-state index contributed by atoms with van der Waals surface area (Å²) in [4.78, 5) is 14.9. The Morgan fingerprint density at radius 1 is 0.436 bits per heavy atom. The highest BCUT2D eigenvalue weighted by molar-refractivity contribution is 5.80. The van der Waals surface area contributed by atoms with Crippen LogP contribution in [0.4, 0.5) is 0 Å². The lowest BCUT2D eigenvalue weighted by molar-refractivity contribution is -0.0744. The maximum absolute atomic E-state index is 10.8. The van der Waals surface area contributed by atoms with Gasteiger partial charge in [0.2, 0.25) is 0 Å². The lowest BCUT2D eigenvalue weighted by Crippen LogP contribution is -2.40. The van der Waals surface area contributed by atoms with E-state index in [1.165, 1.54) is 0 Å². The van der Waals surface area contributed by atoms with E-state index in [-0.39, 0.29) is 12.2 Å². The van der Waals surface area contributed by atoms with Crippen molar-refractivity contribution in [3.05, 3.63) is 130 Å². The number of ether oxygens (including phenoxy) is 3. The first-order valence-corrected chi connectivity index (χ1v) is 33.3. The van der Waals surface area contributed by atoms with Crippen LogP contribution in [0.5, 0.6) is 0 Å². The van der Waals surface area contributed by atoms with Crippen LogP contribution in [0.3, 0.4) is 0 Å². The molecule has 3 aliphatic rings. The average Bonchev–Trinajstić information content (AvgIpc) is 1.63. The van der Waals surface area contributed by atoms with Gasteiger partial charge in [-0.3, -0.25) is 28.1 Å². The molecule has 492 valence electrons. The normalized spacial score (nSPS) is 16.8. The quantitative estimate of drug-likeness (QED) is 0.0605. The summed E-state index contributed by atoms with van der Waals surface area (Å²) >= 11 is 0. The van der Waals surface area contributed by atoms with Crippen molar-refractivity contribution in [3.63, 3.8) is 0 Å². The third kappa shape index (κ3) is 14.2. The Hall–Kier alpha value is -9.12. The van der Waals surface area contributed by atoms with Crippen molar-refractivity contribution in [1.82, 2.24) is 113 Å². The highest BCUT2D eigenvalue weighted by atomic mass is 16.5. The van der Waals surface area contributed by atoms with Crippen molar-refractivity contribution in [2.75, 3.05) is 52.6 Å². The summed E-state index contributed by atoms with van der Waals surface area (Å²) in [6.45, 7) is 21.1. The fourth-order valence-corrected chi connectivity index (χ4v) is 12.7. The first kappa shape index (κ1) is 63.6. The topological polar surface area (TPSA) is 269 Å². The van der Waals surface area contributed by atoms with Crippen LogP contribution in [0.25, 0.3) is 84.1 Å². The van der Waals surface area contributed by atoms with Gasteiger partial charge in [-0.15, -0.1) is 0 Å². The molecule has 12 aromatic heterocycles. The molecule has 1 unspecified atom stereocenters. The number of rotatable bonds is 21. The second-order valence-electron chi connectivity index (χ2n) is 24.5.